The number of aromatic nitrogens is 2. The van der Waals surface area contributed by atoms with E-state index in [9.17, 15) is 5.11 Å². The summed E-state index contributed by atoms with van der Waals surface area (Å²) in [6.07, 6.45) is 5.37. The van der Waals surface area contributed by atoms with Crippen LogP contribution >= 0.6 is 0 Å². The molecule has 1 N–H and O–H groups in total. The zero-order valence-electron chi connectivity index (χ0n) is 9.52. The molecule has 4 heteroatoms. The molecule has 1 heterocycles. The SMILES string of the molecule is CCCCOCCn1cc(C(C)O)cn1. The first-order valence-electron chi connectivity index (χ1n) is 5.52. The van der Waals surface area contributed by atoms with Crippen molar-refractivity contribution in [2.75, 3.05) is 13.2 Å². The monoisotopic (exact) mass is 212 g/mol. The van der Waals surface area contributed by atoms with Gasteiger partial charge in [0.1, 0.15) is 0 Å². The van der Waals surface area contributed by atoms with Crippen LogP contribution in [0.5, 0.6) is 0 Å². The highest BCUT2D eigenvalue weighted by atomic mass is 16.5. The molecule has 0 aliphatic heterocycles. The van der Waals surface area contributed by atoms with E-state index < -0.39 is 6.10 Å². The number of ether oxygens (including phenoxy) is 1. The zero-order valence-corrected chi connectivity index (χ0v) is 9.52. The molecule has 0 aliphatic carbocycles. The fourth-order valence-electron chi connectivity index (χ4n) is 1.22. The Kier molecular flexibility index (Phi) is 5.36. The second-order valence-electron chi connectivity index (χ2n) is 3.68. The van der Waals surface area contributed by atoms with E-state index >= 15 is 0 Å². The van der Waals surface area contributed by atoms with Crippen LogP contribution in [-0.2, 0) is 11.3 Å². The van der Waals surface area contributed by atoms with E-state index in [0.717, 1.165) is 31.6 Å². The molecule has 86 valence electrons. The third-order valence-electron chi connectivity index (χ3n) is 2.24. The van der Waals surface area contributed by atoms with Crippen molar-refractivity contribution >= 4 is 0 Å². The second-order valence-corrected chi connectivity index (χ2v) is 3.68. The van der Waals surface area contributed by atoms with Gasteiger partial charge in [0, 0.05) is 18.4 Å². The Labute approximate surface area is 90.9 Å². The first-order chi connectivity index (χ1) is 7.24. The highest BCUT2D eigenvalue weighted by Crippen LogP contribution is 2.09. The summed E-state index contributed by atoms with van der Waals surface area (Å²) in [6.45, 7) is 6.13. The summed E-state index contributed by atoms with van der Waals surface area (Å²) in [5, 5.41) is 13.4. The Morgan fingerprint density at radius 2 is 2.33 bits per heavy atom. The molecule has 1 atom stereocenters. The van der Waals surface area contributed by atoms with Crippen LogP contribution < -0.4 is 0 Å². The maximum absolute atomic E-state index is 9.29. The standard InChI is InChI=1S/C11H20N2O2/c1-3-4-6-15-7-5-13-9-11(8-12-13)10(2)14/h8-10,14H,3-7H2,1-2H3. The topological polar surface area (TPSA) is 47.3 Å². The third-order valence-corrected chi connectivity index (χ3v) is 2.24. The lowest BCUT2D eigenvalue weighted by molar-refractivity contribution is 0.121. The predicted molar refractivity (Wildman–Crippen MR) is 58.6 cm³/mol. The summed E-state index contributed by atoms with van der Waals surface area (Å²) in [4.78, 5) is 0. The smallest absolute Gasteiger partial charge is 0.0792 e. The molecule has 0 fully saturated rings. The molecule has 0 aromatic carbocycles. The van der Waals surface area contributed by atoms with Gasteiger partial charge >= 0.3 is 0 Å². The van der Waals surface area contributed by atoms with E-state index in [1.54, 1.807) is 17.8 Å². The molecule has 0 saturated carbocycles. The van der Waals surface area contributed by atoms with Crippen molar-refractivity contribution < 1.29 is 9.84 Å². The maximum Gasteiger partial charge on any atom is 0.0792 e. The predicted octanol–water partition coefficient (Wildman–Crippen LogP) is 1.75. The van der Waals surface area contributed by atoms with Crippen LogP contribution in [0.15, 0.2) is 12.4 Å². The molecule has 15 heavy (non-hydrogen) atoms. The third kappa shape index (κ3) is 4.44. The fourth-order valence-corrected chi connectivity index (χ4v) is 1.22. The Morgan fingerprint density at radius 3 is 2.93 bits per heavy atom. The van der Waals surface area contributed by atoms with E-state index in [0.29, 0.717) is 6.61 Å². The van der Waals surface area contributed by atoms with Gasteiger partial charge in [0.05, 0.1) is 25.5 Å². The molecule has 0 aliphatic rings. The Hall–Kier alpha value is -0.870. The van der Waals surface area contributed by atoms with Crippen LogP contribution in [0, 0.1) is 0 Å². The molecule has 4 nitrogen and oxygen atoms in total. The lowest BCUT2D eigenvalue weighted by Gasteiger charge is -2.03. The van der Waals surface area contributed by atoms with Crippen molar-refractivity contribution in [3.05, 3.63) is 18.0 Å². The summed E-state index contributed by atoms with van der Waals surface area (Å²) in [6, 6.07) is 0. The Morgan fingerprint density at radius 1 is 1.53 bits per heavy atom. The van der Waals surface area contributed by atoms with Gasteiger partial charge in [0.15, 0.2) is 0 Å². The lowest BCUT2D eigenvalue weighted by Crippen LogP contribution is -2.07. The van der Waals surface area contributed by atoms with Gasteiger partial charge in [-0.25, -0.2) is 0 Å². The van der Waals surface area contributed by atoms with Gasteiger partial charge in [0.25, 0.3) is 0 Å². The molecule has 1 rings (SSSR count). The highest BCUT2D eigenvalue weighted by Gasteiger charge is 2.03. The van der Waals surface area contributed by atoms with Crippen molar-refractivity contribution in [2.24, 2.45) is 0 Å². The number of hydrogen-bond acceptors (Lipinski definition) is 3. The average Bonchev–Trinajstić information content (AvgIpc) is 2.66. The summed E-state index contributed by atoms with van der Waals surface area (Å²) in [5.41, 5.74) is 0.851. The van der Waals surface area contributed by atoms with Crippen molar-refractivity contribution in [1.29, 1.82) is 0 Å². The van der Waals surface area contributed by atoms with Crippen molar-refractivity contribution in [2.45, 2.75) is 39.3 Å². The van der Waals surface area contributed by atoms with Crippen LogP contribution in [0.1, 0.15) is 38.4 Å². The molecule has 1 aromatic rings. The molecular weight excluding hydrogens is 192 g/mol. The lowest BCUT2D eigenvalue weighted by atomic mass is 10.2. The summed E-state index contributed by atoms with van der Waals surface area (Å²) >= 11 is 0. The molecule has 1 unspecified atom stereocenters. The number of aliphatic hydroxyl groups is 1. The van der Waals surface area contributed by atoms with Gasteiger partial charge in [-0.2, -0.15) is 5.10 Å². The molecule has 0 amide bonds. The van der Waals surface area contributed by atoms with E-state index in [1.807, 2.05) is 6.20 Å². The van der Waals surface area contributed by atoms with E-state index in [1.165, 1.54) is 0 Å². The molecule has 0 saturated heterocycles. The van der Waals surface area contributed by atoms with Crippen LogP contribution in [-0.4, -0.2) is 28.1 Å². The van der Waals surface area contributed by atoms with Crippen molar-refractivity contribution in [3.8, 4) is 0 Å². The van der Waals surface area contributed by atoms with Crippen molar-refractivity contribution in [3.63, 3.8) is 0 Å². The molecule has 0 bridgehead atoms. The zero-order chi connectivity index (χ0) is 11.1. The number of rotatable bonds is 7. The number of nitrogens with zero attached hydrogens (tertiary/aromatic N) is 2. The first-order valence-corrected chi connectivity index (χ1v) is 5.52. The van der Waals surface area contributed by atoms with Gasteiger partial charge in [-0.05, 0) is 13.3 Å². The second kappa shape index (κ2) is 6.58. The summed E-state index contributed by atoms with van der Waals surface area (Å²) in [7, 11) is 0. The van der Waals surface area contributed by atoms with E-state index in [4.69, 9.17) is 4.74 Å². The van der Waals surface area contributed by atoms with Gasteiger partial charge in [0.2, 0.25) is 0 Å². The summed E-state index contributed by atoms with van der Waals surface area (Å²) in [5.74, 6) is 0. The maximum atomic E-state index is 9.29. The number of unbranched alkanes of at least 4 members (excludes halogenated alkanes) is 1. The van der Waals surface area contributed by atoms with Crippen molar-refractivity contribution in [1.82, 2.24) is 9.78 Å². The number of hydrogen-bond donors (Lipinski definition) is 1. The molecule has 0 radical (unpaired) electrons. The van der Waals surface area contributed by atoms with Crippen LogP contribution in [0.3, 0.4) is 0 Å². The average molecular weight is 212 g/mol. The van der Waals surface area contributed by atoms with E-state index in [-0.39, 0.29) is 0 Å². The van der Waals surface area contributed by atoms with Crippen LogP contribution in [0.4, 0.5) is 0 Å². The minimum atomic E-state index is -0.445. The van der Waals surface area contributed by atoms with Gasteiger partial charge in [-0.1, -0.05) is 13.3 Å². The fraction of sp³-hybridized carbons (Fsp3) is 0.727. The van der Waals surface area contributed by atoms with E-state index in [2.05, 4.69) is 12.0 Å². The molecule has 0 spiro atoms. The highest BCUT2D eigenvalue weighted by molar-refractivity contribution is 5.06. The molecular formula is C11H20N2O2. The van der Waals surface area contributed by atoms with Gasteiger partial charge in [-0.3, -0.25) is 4.68 Å². The minimum Gasteiger partial charge on any atom is -0.389 e. The normalized spacial score (nSPS) is 13.0. The largest absolute Gasteiger partial charge is 0.389 e. The first kappa shape index (κ1) is 12.2. The van der Waals surface area contributed by atoms with Gasteiger partial charge in [-0.15, -0.1) is 0 Å². The van der Waals surface area contributed by atoms with Gasteiger partial charge < -0.3 is 9.84 Å². The quantitative estimate of drug-likeness (QED) is 0.700. The van der Waals surface area contributed by atoms with Crippen LogP contribution in [0.25, 0.3) is 0 Å². The number of aliphatic hydroxyl groups excluding tert-OH is 1. The Balaban J connectivity index is 2.20. The molecule has 1 aromatic heterocycles. The summed E-state index contributed by atoms with van der Waals surface area (Å²) < 4.78 is 7.22. The minimum absolute atomic E-state index is 0.445. The Bertz CT molecular complexity index is 271. The van der Waals surface area contributed by atoms with Crippen LogP contribution in [0.2, 0.25) is 0 Å².